The molecule has 1 aliphatic rings. The molecule has 1 N–H and O–H groups in total. The molecule has 1 saturated heterocycles. The van der Waals surface area contributed by atoms with Crippen LogP contribution in [0.3, 0.4) is 0 Å². The van der Waals surface area contributed by atoms with E-state index in [0.717, 1.165) is 17.7 Å². The highest BCUT2D eigenvalue weighted by molar-refractivity contribution is 5.78. The second kappa shape index (κ2) is 7.89. The third-order valence-electron chi connectivity index (χ3n) is 4.81. The van der Waals surface area contributed by atoms with Crippen LogP contribution in [0, 0.1) is 5.92 Å². The summed E-state index contributed by atoms with van der Waals surface area (Å²) in [6.07, 6.45) is 1.99. The Kier molecular flexibility index (Phi) is 6.09. The lowest BCUT2D eigenvalue weighted by Gasteiger charge is -2.30. The van der Waals surface area contributed by atoms with Crippen molar-refractivity contribution in [3.63, 3.8) is 0 Å². The van der Waals surface area contributed by atoms with Gasteiger partial charge in [0.15, 0.2) is 6.61 Å². The number of piperidine rings is 1. The van der Waals surface area contributed by atoms with Crippen LogP contribution in [0.1, 0.15) is 51.7 Å². The van der Waals surface area contributed by atoms with Crippen molar-refractivity contribution in [1.29, 1.82) is 0 Å². The molecular weight excluding hydrogens is 318 g/mol. The van der Waals surface area contributed by atoms with Gasteiger partial charge >= 0.3 is 5.97 Å². The Labute approximate surface area is 150 Å². The van der Waals surface area contributed by atoms with Crippen molar-refractivity contribution in [1.82, 2.24) is 4.90 Å². The molecule has 0 saturated carbocycles. The van der Waals surface area contributed by atoms with E-state index in [-0.39, 0.29) is 23.8 Å². The predicted octanol–water partition coefficient (Wildman–Crippen LogP) is 3.25. The van der Waals surface area contributed by atoms with Crippen LogP contribution in [-0.2, 0) is 21.4 Å². The van der Waals surface area contributed by atoms with E-state index in [1.54, 1.807) is 4.90 Å². The Balaban J connectivity index is 1.99. The zero-order valence-corrected chi connectivity index (χ0v) is 15.7. The first-order valence-corrected chi connectivity index (χ1v) is 8.99. The molecule has 0 spiro atoms. The van der Waals surface area contributed by atoms with E-state index in [1.165, 1.54) is 5.56 Å². The normalized spacial score (nSPS) is 15.9. The van der Waals surface area contributed by atoms with Crippen LogP contribution in [-0.4, -0.2) is 41.6 Å². The molecular formula is C20H29NO4. The molecule has 1 heterocycles. The average molecular weight is 347 g/mol. The minimum Gasteiger partial charge on any atom is -0.483 e. The number of hydrogen-bond acceptors (Lipinski definition) is 3. The lowest BCUT2D eigenvalue weighted by Crippen LogP contribution is -2.42. The molecule has 0 atom stereocenters. The van der Waals surface area contributed by atoms with Crippen molar-refractivity contribution >= 4 is 11.9 Å². The van der Waals surface area contributed by atoms with E-state index in [4.69, 9.17) is 9.84 Å². The summed E-state index contributed by atoms with van der Waals surface area (Å²) in [7, 11) is 0. The zero-order valence-electron chi connectivity index (χ0n) is 15.7. The van der Waals surface area contributed by atoms with E-state index in [1.807, 2.05) is 12.1 Å². The molecule has 1 fully saturated rings. The van der Waals surface area contributed by atoms with Gasteiger partial charge in [-0.3, -0.25) is 9.59 Å². The molecule has 0 radical (unpaired) electrons. The maximum atomic E-state index is 12.4. The number of carbonyl (C=O) groups is 2. The van der Waals surface area contributed by atoms with Crippen molar-refractivity contribution in [2.24, 2.45) is 5.92 Å². The largest absolute Gasteiger partial charge is 0.483 e. The number of ether oxygens (including phenoxy) is 1. The second-order valence-corrected chi connectivity index (χ2v) is 7.72. The van der Waals surface area contributed by atoms with Gasteiger partial charge in [0.25, 0.3) is 5.91 Å². The first-order chi connectivity index (χ1) is 11.7. The Morgan fingerprint density at radius 1 is 1.24 bits per heavy atom. The number of likely N-dealkylation sites (tertiary alicyclic amines) is 1. The summed E-state index contributed by atoms with van der Waals surface area (Å²) in [6.45, 7) is 9.48. The molecule has 0 unspecified atom stereocenters. The van der Waals surface area contributed by atoms with E-state index < -0.39 is 5.97 Å². The van der Waals surface area contributed by atoms with Crippen molar-refractivity contribution in [3.8, 4) is 5.75 Å². The Bertz CT molecular complexity index is 625. The lowest BCUT2D eigenvalue weighted by molar-refractivity contribution is -0.146. The van der Waals surface area contributed by atoms with Crippen molar-refractivity contribution in [2.75, 3.05) is 19.7 Å². The molecule has 2 rings (SSSR count). The van der Waals surface area contributed by atoms with Gasteiger partial charge in [-0.25, -0.2) is 0 Å². The van der Waals surface area contributed by atoms with Gasteiger partial charge in [0.2, 0.25) is 0 Å². The number of aryl methyl sites for hydroxylation is 1. The summed E-state index contributed by atoms with van der Waals surface area (Å²) in [5, 5.41) is 9.04. The molecule has 1 amide bonds. The molecule has 0 aromatic heterocycles. The van der Waals surface area contributed by atoms with E-state index in [2.05, 4.69) is 33.8 Å². The fraction of sp³-hybridized carbons (Fsp3) is 0.600. The summed E-state index contributed by atoms with van der Waals surface area (Å²) >= 11 is 0. The minimum absolute atomic E-state index is 0.00765. The number of hydrogen-bond donors (Lipinski definition) is 1. The fourth-order valence-electron chi connectivity index (χ4n) is 3.12. The molecule has 1 aromatic carbocycles. The first kappa shape index (κ1) is 19.3. The third kappa shape index (κ3) is 4.97. The zero-order chi connectivity index (χ0) is 18.6. The van der Waals surface area contributed by atoms with Crippen molar-refractivity contribution in [2.45, 2.75) is 52.4 Å². The van der Waals surface area contributed by atoms with E-state index >= 15 is 0 Å². The fourth-order valence-corrected chi connectivity index (χ4v) is 3.12. The first-order valence-electron chi connectivity index (χ1n) is 8.99. The summed E-state index contributed by atoms with van der Waals surface area (Å²) in [5.74, 6) is -0.435. The summed E-state index contributed by atoms with van der Waals surface area (Å²) < 4.78 is 5.84. The van der Waals surface area contributed by atoms with Gasteiger partial charge in [-0.05, 0) is 41.9 Å². The lowest BCUT2D eigenvalue weighted by atomic mass is 9.85. The van der Waals surface area contributed by atoms with Gasteiger partial charge < -0.3 is 14.7 Å². The van der Waals surface area contributed by atoms with Gasteiger partial charge in [0.05, 0.1) is 5.92 Å². The van der Waals surface area contributed by atoms with Crippen LogP contribution >= 0.6 is 0 Å². The Morgan fingerprint density at radius 2 is 1.88 bits per heavy atom. The van der Waals surface area contributed by atoms with Gasteiger partial charge in [-0.15, -0.1) is 0 Å². The highest BCUT2D eigenvalue weighted by atomic mass is 16.5. The van der Waals surface area contributed by atoms with Gasteiger partial charge in [0.1, 0.15) is 5.75 Å². The smallest absolute Gasteiger partial charge is 0.306 e. The van der Waals surface area contributed by atoms with Crippen LogP contribution < -0.4 is 4.74 Å². The number of carboxylic acid groups (broad SMARTS) is 1. The Hall–Kier alpha value is -2.04. The van der Waals surface area contributed by atoms with Crippen LogP contribution in [0.5, 0.6) is 5.75 Å². The van der Waals surface area contributed by atoms with Crippen LogP contribution in [0.15, 0.2) is 18.2 Å². The molecule has 5 nitrogen and oxygen atoms in total. The Morgan fingerprint density at radius 3 is 2.40 bits per heavy atom. The van der Waals surface area contributed by atoms with E-state index in [9.17, 15) is 9.59 Å². The van der Waals surface area contributed by atoms with Gasteiger partial charge in [0, 0.05) is 13.1 Å². The van der Waals surface area contributed by atoms with Crippen LogP contribution in [0.4, 0.5) is 0 Å². The average Bonchev–Trinajstić information content (AvgIpc) is 2.58. The summed E-state index contributed by atoms with van der Waals surface area (Å²) in [4.78, 5) is 25.1. The maximum absolute atomic E-state index is 12.4. The molecule has 1 aromatic rings. The SMILES string of the molecule is CCc1ccc(OCC(=O)N2CCC(C(=O)O)CC2)c(C(C)(C)C)c1. The van der Waals surface area contributed by atoms with Crippen LogP contribution in [0.2, 0.25) is 0 Å². The number of rotatable bonds is 5. The van der Waals surface area contributed by atoms with E-state index in [0.29, 0.717) is 25.9 Å². The molecule has 138 valence electrons. The topological polar surface area (TPSA) is 66.8 Å². The quantitative estimate of drug-likeness (QED) is 0.888. The number of carbonyl (C=O) groups excluding carboxylic acids is 1. The molecule has 1 aliphatic heterocycles. The standard InChI is InChI=1S/C20H29NO4/c1-5-14-6-7-17(16(12-14)20(2,3)4)25-13-18(22)21-10-8-15(9-11-21)19(23)24/h6-7,12,15H,5,8-11,13H2,1-4H3,(H,23,24). The van der Waals surface area contributed by atoms with Gasteiger partial charge in [-0.1, -0.05) is 39.8 Å². The minimum atomic E-state index is -0.769. The molecule has 25 heavy (non-hydrogen) atoms. The van der Waals surface area contributed by atoms with Gasteiger partial charge in [-0.2, -0.15) is 0 Å². The number of carboxylic acids is 1. The third-order valence-corrected chi connectivity index (χ3v) is 4.81. The number of aliphatic carboxylic acids is 1. The van der Waals surface area contributed by atoms with Crippen molar-refractivity contribution < 1.29 is 19.4 Å². The summed E-state index contributed by atoms with van der Waals surface area (Å²) in [6, 6.07) is 6.13. The highest BCUT2D eigenvalue weighted by Crippen LogP contribution is 2.32. The number of amides is 1. The maximum Gasteiger partial charge on any atom is 0.306 e. The second-order valence-electron chi connectivity index (χ2n) is 7.72. The molecule has 5 heteroatoms. The predicted molar refractivity (Wildman–Crippen MR) is 97.0 cm³/mol. The molecule has 0 bridgehead atoms. The number of nitrogens with zero attached hydrogens (tertiary/aromatic N) is 1. The highest BCUT2D eigenvalue weighted by Gasteiger charge is 2.27. The van der Waals surface area contributed by atoms with Crippen LogP contribution in [0.25, 0.3) is 0 Å². The molecule has 0 aliphatic carbocycles. The number of benzene rings is 1. The summed E-state index contributed by atoms with van der Waals surface area (Å²) in [5.41, 5.74) is 2.28. The monoisotopic (exact) mass is 347 g/mol. The van der Waals surface area contributed by atoms with Crippen molar-refractivity contribution in [3.05, 3.63) is 29.3 Å².